The maximum atomic E-state index is 4.74. The van der Waals surface area contributed by atoms with Crippen molar-refractivity contribution in [1.82, 2.24) is 19.7 Å². The van der Waals surface area contributed by atoms with Crippen LogP contribution in [0, 0.1) is 6.92 Å². The Hall–Kier alpha value is -2.86. The van der Waals surface area contributed by atoms with Gasteiger partial charge in [-0.1, -0.05) is 30.3 Å². The molecule has 4 aromatic rings. The van der Waals surface area contributed by atoms with E-state index in [2.05, 4.69) is 34.3 Å². The third kappa shape index (κ3) is 2.96. The number of thioether (sulfide) groups is 1. The number of para-hydroxylation sites is 1. The topological polar surface area (TPSA) is 55.6 Å². The summed E-state index contributed by atoms with van der Waals surface area (Å²) in [5, 5.41) is 9.97. The highest BCUT2D eigenvalue weighted by molar-refractivity contribution is 7.98. The molecule has 0 spiro atoms. The molecule has 0 aliphatic carbocycles. The van der Waals surface area contributed by atoms with E-state index in [0.29, 0.717) is 0 Å². The van der Waals surface area contributed by atoms with E-state index in [4.69, 9.17) is 5.10 Å². The molecule has 0 saturated carbocycles. The van der Waals surface area contributed by atoms with Gasteiger partial charge in [0.05, 0.1) is 11.1 Å². The zero-order valence-corrected chi connectivity index (χ0v) is 14.8. The molecule has 2 aromatic heterocycles. The maximum Gasteiger partial charge on any atom is 0.169 e. The van der Waals surface area contributed by atoms with E-state index in [-0.39, 0.29) is 0 Å². The Kier molecular flexibility index (Phi) is 4.11. The van der Waals surface area contributed by atoms with E-state index in [9.17, 15) is 0 Å². The highest BCUT2D eigenvalue weighted by Crippen LogP contribution is 2.32. The van der Waals surface area contributed by atoms with Crippen molar-refractivity contribution in [3.05, 3.63) is 66.5 Å². The molecule has 0 radical (unpaired) electrons. The molecule has 1 N–H and O–H groups in total. The minimum Gasteiger partial charge on any atom is -0.339 e. The fraction of sp³-hybridized carbons (Fsp3) is 0.105. The van der Waals surface area contributed by atoms with Gasteiger partial charge in [-0.25, -0.2) is 14.6 Å². The number of aromatic nitrogens is 4. The molecule has 0 aliphatic rings. The molecule has 2 heterocycles. The number of anilines is 2. The Morgan fingerprint density at radius 1 is 1.00 bits per heavy atom. The van der Waals surface area contributed by atoms with Crippen molar-refractivity contribution in [2.75, 3.05) is 11.6 Å². The van der Waals surface area contributed by atoms with Gasteiger partial charge in [-0.15, -0.1) is 11.8 Å². The maximum absolute atomic E-state index is 4.74. The van der Waals surface area contributed by atoms with Gasteiger partial charge in [0.25, 0.3) is 0 Å². The molecule has 124 valence electrons. The van der Waals surface area contributed by atoms with Crippen LogP contribution in [0.25, 0.3) is 16.7 Å². The van der Waals surface area contributed by atoms with Gasteiger partial charge in [-0.05, 0) is 43.0 Å². The summed E-state index contributed by atoms with van der Waals surface area (Å²) in [5.41, 5.74) is 3.97. The summed E-state index contributed by atoms with van der Waals surface area (Å²) >= 11 is 1.59. The molecule has 0 fully saturated rings. The van der Waals surface area contributed by atoms with Crippen molar-refractivity contribution in [3.63, 3.8) is 0 Å². The Balaban J connectivity index is 1.88. The third-order valence-electron chi connectivity index (χ3n) is 3.91. The SMILES string of the molecule is CSc1nn(-c2ccccc2)c2ncnc(Nc3cccc(C)c3)c12. The summed E-state index contributed by atoms with van der Waals surface area (Å²) < 4.78 is 1.87. The standard InChI is InChI=1S/C19H17N5S/c1-13-7-6-8-14(11-13)22-17-16-18(21-12-20-17)24(23-19(16)25-2)15-9-4-3-5-10-15/h3-12H,1-2H3,(H,20,21,22). The van der Waals surface area contributed by atoms with Gasteiger partial charge >= 0.3 is 0 Å². The molecule has 6 heteroatoms. The van der Waals surface area contributed by atoms with Crippen LogP contribution in [-0.2, 0) is 0 Å². The van der Waals surface area contributed by atoms with Crippen LogP contribution in [0.1, 0.15) is 5.56 Å². The van der Waals surface area contributed by atoms with Gasteiger partial charge < -0.3 is 5.32 Å². The highest BCUT2D eigenvalue weighted by Gasteiger charge is 2.17. The number of nitrogens with one attached hydrogen (secondary N) is 1. The fourth-order valence-electron chi connectivity index (χ4n) is 2.77. The van der Waals surface area contributed by atoms with Crippen LogP contribution in [0.15, 0.2) is 66.0 Å². The quantitative estimate of drug-likeness (QED) is 0.547. The molecule has 0 saturated heterocycles. The van der Waals surface area contributed by atoms with E-state index >= 15 is 0 Å². The van der Waals surface area contributed by atoms with E-state index in [1.807, 2.05) is 53.4 Å². The number of fused-ring (bicyclic) bond motifs is 1. The van der Waals surface area contributed by atoms with E-state index in [0.717, 1.165) is 33.3 Å². The number of benzene rings is 2. The Morgan fingerprint density at radius 3 is 2.60 bits per heavy atom. The second-order valence-electron chi connectivity index (χ2n) is 5.67. The van der Waals surface area contributed by atoms with Crippen molar-refractivity contribution in [2.24, 2.45) is 0 Å². The van der Waals surface area contributed by atoms with Gasteiger partial charge in [0.15, 0.2) is 5.65 Å². The van der Waals surface area contributed by atoms with Crippen LogP contribution in [0.2, 0.25) is 0 Å². The molecule has 0 aliphatic heterocycles. The molecule has 0 bridgehead atoms. The predicted octanol–water partition coefficient (Wildman–Crippen LogP) is 4.59. The monoisotopic (exact) mass is 347 g/mol. The van der Waals surface area contributed by atoms with Crippen molar-refractivity contribution in [1.29, 1.82) is 0 Å². The highest BCUT2D eigenvalue weighted by atomic mass is 32.2. The molecule has 4 rings (SSSR count). The minimum absolute atomic E-state index is 0.766. The van der Waals surface area contributed by atoms with Crippen LogP contribution in [-0.4, -0.2) is 26.0 Å². The van der Waals surface area contributed by atoms with Crippen LogP contribution >= 0.6 is 11.8 Å². The minimum atomic E-state index is 0.766. The third-order valence-corrected chi connectivity index (χ3v) is 4.58. The smallest absolute Gasteiger partial charge is 0.169 e. The van der Waals surface area contributed by atoms with E-state index in [1.54, 1.807) is 18.1 Å². The number of hydrogen-bond acceptors (Lipinski definition) is 5. The first-order valence-corrected chi connectivity index (χ1v) is 9.15. The van der Waals surface area contributed by atoms with Crippen molar-refractivity contribution in [3.8, 4) is 5.69 Å². The predicted molar refractivity (Wildman–Crippen MR) is 103 cm³/mol. The summed E-state index contributed by atoms with van der Waals surface area (Å²) in [4.78, 5) is 8.94. The van der Waals surface area contributed by atoms with E-state index in [1.165, 1.54) is 5.56 Å². The summed E-state index contributed by atoms with van der Waals surface area (Å²) in [6.45, 7) is 2.07. The van der Waals surface area contributed by atoms with Crippen LogP contribution in [0.4, 0.5) is 11.5 Å². The number of rotatable bonds is 4. The number of hydrogen-bond donors (Lipinski definition) is 1. The Bertz CT molecular complexity index is 1030. The van der Waals surface area contributed by atoms with Gasteiger partial charge in [-0.2, -0.15) is 5.10 Å². The van der Waals surface area contributed by atoms with Gasteiger partial charge in [0.2, 0.25) is 0 Å². The first-order valence-electron chi connectivity index (χ1n) is 7.93. The fourth-order valence-corrected chi connectivity index (χ4v) is 3.32. The van der Waals surface area contributed by atoms with Gasteiger partial charge in [-0.3, -0.25) is 0 Å². The largest absolute Gasteiger partial charge is 0.339 e. The summed E-state index contributed by atoms with van der Waals surface area (Å²) in [5.74, 6) is 0.766. The second-order valence-corrected chi connectivity index (χ2v) is 6.47. The number of nitrogens with zero attached hydrogens (tertiary/aromatic N) is 4. The molecule has 25 heavy (non-hydrogen) atoms. The molecule has 0 atom stereocenters. The molecule has 2 aromatic carbocycles. The molecule has 0 unspecified atom stereocenters. The zero-order valence-electron chi connectivity index (χ0n) is 14.0. The second kappa shape index (κ2) is 6.57. The zero-order chi connectivity index (χ0) is 17.2. The summed E-state index contributed by atoms with van der Waals surface area (Å²) in [7, 11) is 0. The lowest BCUT2D eigenvalue weighted by Gasteiger charge is -2.08. The average Bonchev–Trinajstić information content (AvgIpc) is 3.02. The van der Waals surface area contributed by atoms with Crippen LogP contribution in [0.5, 0.6) is 0 Å². The lowest BCUT2D eigenvalue weighted by molar-refractivity contribution is 0.852. The molecule has 0 amide bonds. The van der Waals surface area contributed by atoms with Gasteiger partial charge in [0, 0.05) is 5.69 Å². The van der Waals surface area contributed by atoms with Crippen LogP contribution < -0.4 is 5.32 Å². The average molecular weight is 347 g/mol. The first-order chi connectivity index (χ1) is 12.3. The van der Waals surface area contributed by atoms with Crippen molar-refractivity contribution in [2.45, 2.75) is 11.9 Å². The first kappa shape index (κ1) is 15.7. The van der Waals surface area contributed by atoms with Crippen LogP contribution in [0.3, 0.4) is 0 Å². The summed E-state index contributed by atoms with van der Waals surface area (Å²) in [6, 6.07) is 18.2. The lowest BCUT2D eigenvalue weighted by atomic mass is 10.2. The molecular formula is C19H17N5S. The number of aryl methyl sites for hydroxylation is 1. The van der Waals surface area contributed by atoms with Crippen molar-refractivity contribution < 1.29 is 0 Å². The van der Waals surface area contributed by atoms with E-state index < -0.39 is 0 Å². The molecular weight excluding hydrogens is 330 g/mol. The Morgan fingerprint density at radius 2 is 1.84 bits per heavy atom. The lowest BCUT2D eigenvalue weighted by Crippen LogP contribution is -1.99. The van der Waals surface area contributed by atoms with Crippen molar-refractivity contribution >= 4 is 34.3 Å². The Labute approximate surface area is 150 Å². The molecule has 5 nitrogen and oxygen atoms in total. The normalized spacial score (nSPS) is 11.0. The summed E-state index contributed by atoms with van der Waals surface area (Å²) in [6.07, 6.45) is 3.59. The van der Waals surface area contributed by atoms with Gasteiger partial charge in [0.1, 0.15) is 17.2 Å².